The number of carbonyl (C=O) groups excluding carboxylic acids is 1. The van der Waals surface area contributed by atoms with Crippen LogP contribution < -0.4 is 28.2 Å². The predicted molar refractivity (Wildman–Crippen MR) is 188 cm³/mol. The second kappa shape index (κ2) is 13.9. The Bertz CT molecular complexity index is 2070. The van der Waals surface area contributed by atoms with Gasteiger partial charge in [-0.05, 0) is 74.0 Å². The van der Waals surface area contributed by atoms with Crippen LogP contribution in [-0.4, -0.2) is 78.3 Å². The highest BCUT2D eigenvalue weighted by atomic mass is 32.2. The van der Waals surface area contributed by atoms with Crippen molar-refractivity contribution in [3.05, 3.63) is 95.3 Å². The Morgan fingerprint density at radius 3 is 2.22 bits per heavy atom. The first-order valence-electron chi connectivity index (χ1n) is 16.3. The van der Waals surface area contributed by atoms with E-state index in [2.05, 4.69) is 28.9 Å². The molecule has 0 spiro atoms. The standard InChI is InChI=1S/C37H39N5O7S/c1-6-26-21-27(14-15-39-26)40-16-18-41(19-17-40)37(31-22-28(46-3)9-12-33(31)49-7-2)30-20-25(24-38)8-11-32(30)42(36(37)43)50(44,45)35-13-10-29(47-4)23-34(35)48-5/h8-15,20-23H,6-7,16-19H2,1-5H3. The molecule has 1 amide bonds. The van der Waals surface area contributed by atoms with Gasteiger partial charge in [0.2, 0.25) is 0 Å². The van der Waals surface area contributed by atoms with E-state index in [9.17, 15) is 13.7 Å². The summed E-state index contributed by atoms with van der Waals surface area (Å²) in [5.41, 5.74) is 1.40. The summed E-state index contributed by atoms with van der Waals surface area (Å²) in [5, 5.41) is 10.1. The van der Waals surface area contributed by atoms with Gasteiger partial charge in [-0.1, -0.05) is 6.92 Å². The van der Waals surface area contributed by atoms with Crippen LogP contribution in [0.15, 0.2) is 77.8 Å². The summed E-state index contributed by atoms with van der Waals surface area (Å²) in [6.45, 7) is 5.98. The number of pyridine rings is 1. The number of aromatic nitrogens is 1. The number of carbonyl (C=O) groups is 1. The smallest absolute Gasteiger partial charge is 0.274 e. The number of nitriles is 1. The molecule has 260 valence electrons. The predicted octanol–water partition coefficient (Wildman–Crippen LogP) is 4.74. The zero-order valence-electron chi connectivity index (χ0n) is 28.7. The molecule has 3 aromatic carbocycles. The van der Waals surface area contributed by atoms with Crippen molar-refractivity contribution in [2.45, 2.75) is 30.7 Å². The lowest BCUT2D eigenvalue weighted by atomic mass is 9.80. The van der Waals surface area contributed by atoms with E-state index < -0.39 is 21.5 Å². The molecule has 1 unspecified atom stereocenters. The Morgan fingerprint density at radius 2 is 1.56 bits per heavy atom. The van der Waals surface area contributed by atoms with Crippen LogP contribution in [0.4, 0.5) is 11.4 Å². The van der Waals surface area contributed by atoms with Gasteiger partial charge in [0, 0.05) is 61.0 Å². The number of fused-ring (bicyclic) bond motifs is 1. The Balaban J connectivity index is 1.59. The third-order valence-electron chi connectivity index (χ3n) is 9.28. The molecule has 4 aromatic rings. The second-order valence-corrected chi connectivity index (χ2v) is 13.5. The van der Waals surface area contributed by atoms with E-state index in [0.29, 0.717) is 54.6 Å². The number of aryl methyl sites for hydroxylation is 1. The van der Waals surface area contributed by atoms with Gasteiger partial charge in [0.1, 0.15) is 27.9 Å². The number of benzene rings is 3. The number of ether oxygens (including phenoxy) is 4. The van der Waals surface area contributed by atoms with Crippen molar-refractivity contribution in [1.82, 2.24) is 9.88 Å². The molecular weight excluding hydrogens is 659 g/mol. The number of amides is 1. The molecule has 0 bridgehead atoms. The monoisotopic (exact) mass is 697 g/mol. The van der Waals surface area contributed by atoms with Crippen molar-refractivity contribution < 1.29 is 32.2 Å². The number of piperazine rings is 1. The van der Waals surface area contributed by atoms with Crippen LogP contribution in [0, 0.1) is 11.3 Å². The molecule has 2 aliphatic rings. The maximum atomic E-state index is 15.6. The first-order chi connectivity index (χ1) is 24.2. The molecule has 12 nitrogen and oxygen atoms in total. The maximum Gasteiger partial charge on any atom is 0.274 e. The summed E-state index contributed by atoms with van der Waals surface area (Å²) in [5.74, 6) is 0.506. The average molecular weight is 698 g/mol. The number of hydrogen-bond acceptors (Lipinski definition) is 11. The topological polar surface area (TPSA) is 135 Å². The first-order valence-corrected chi connectivity index (χ1v) is 17.7. The van der Waals surface area contributed by atoms with Gasteiger partial charge in [0.05, 0.1) is 45.3 Å². The van der Waals surface area contributed by atoms with Crippen LogP contribution in [-0.2, 0) is 26.8 Å². The van der Waals surface area contributed by atoms with Crippen LogP contribution in [0.3, 0.4) is 0 Å². The Labute approximate surface area is 292 Å². The Kier molecular flexibility index (Phi) is 9.60. The molecule has 3 heterocycles. The van der Waals surface area contributed by atoms with Crippen molar-refractivity contribution >= 4 is 27.3 Å². The van der Waals surface area contributed by atoms with Gasteiger partial charge in [0.15, 0.2) is 5.54 Å². The van der Waals surface area contributed by atoms with Crippen molar-refractivity contribution in [2.75, 3.05) is 63.3 Å². The molecule has 0 aliphatic carbocycles. The zero-order chi connectivity index (χ0) is 35.6. The number of hydrogen-bond donors (Lipinski definition) is 0. The van der Waals surface area contributed by atoms with E-state index in [0.717, 1.165) is 22.1 Å². The van der Waals surface area contributed by atoms with E-state index in [4.69, 9.17) is 18.9 Å². The van der Waals surface area contributed by atoms with Gasteiger partial charge in [-0.3, -0.25) is 14.7 Å². The minimum absolute atomic E-state index is 0.0126. The Hall–Kier alpha value is -5.32. The minimum atomic E-state index is -4.60. The van der Waals surface area contributed by atoms with Gasteiger partial charge in [-0.2, -0.15) is 5.26 Å². The number of anilines is 2. The molecule has 1 atom stereocenters. The quantitative estimate of drug-likeness (QED) is 0.215. The fourth-order valence-electron chi connectivity index (χ4n) is 6.86. The van der Waals surface area contributed by atoms with Gasteiger partial charge >= 0.3 is 0 Å². The third-order valence-corrected chi connectivity index (χ3v) is 11.0. The number of sulfonamides is 1. The average Bonchev–Trinajstić information content (AvgIpc) is 3.42. The molecule has 0 saturated carbocycles. The normalized spacial score (nSPS) is 17.6. The van der Waals surface area contributed by atoms with Crippen LogP contribution in [0.25, 0.3) is 0 Å². The maximum absolute atomic E-state index is 15.6. The van der Waals surface area contributed by atoms with Crippen molar-refractivity contribution in [3.63, 3.8) is 0 Å². The van der Waals surface area contributed by atoms with Crippen LogP contribution in [0.1, 0.15) is 36.2 Å². The minimum Gasteiger partial charge on any atom is -0.497 e. The highest BCUT2D eigenvalue weighted by Gasteiger charge is 2.61. The molecule has 13 heteroatoms. The summed E-state index contributed by atoms with van der Waals surface area (Å²) in [4.78, 5) is 24.0. The molecule has 1 fully saturated rings. The first kappa shape index (κ1) is 34.5. The molecule has 50 heavy (non-hydrogen) atoms. The molecule has 1 saturated heterocycles. The van der Waals surface area contributed by atoms with E-state index in [1.807, 2.05) is 17.9 Å². The van der Waals surface area contributed by atoms with E-state index in [1.54, 1.807) is 30.5 Å². The van der Waals surface area contributed by atoms with Crippen molar-refractivity contribution in [1.29, 1.82) is 5.26 Å². The molecular formula is C37H39N5O7S. The fourth-order valence-corrected chi connectivity index (χ4v) is 8.46. The third kappa shape index (κ3) is 5.64. The number of methoxy groups -OCH3 is 3. The molecule has 1 aromatic heterocycles. The fraction of sp³-hybridized carbons (Fsp3) is 0.324. The Morgan fingerprint density at radius 1 is 0.840 bits per heavy atom. The van der Waals surface area contributed by atoms with Crippen molar-refractivity contribution in [3.8, 4) is 29.1 Å². The largest absolute Gasteiger partial charge is 0.497 e. The van der Waals surface area contributed by atoms with Crippen LogP contribution in [0.2, 0.25) is 0 Å². The molecule has 0 N–H and O–H groups in total. The second-order valence-electron chi connectivity index (χ2n) is 11.8. The van der Waals surface area contributed by atoms with E-state index in [1.165, 1.54) is 51.7 Å². The van der Waals surface area contributed by atoms with Gasteiger partial charge < -0.3 is 23.8 Å². The zero-order valence-corrected chi connectivity index (χ0v) is 29.5. The summed E-state index contributed by atoms with van der Waals surface area (Å²) in [6.07, 6.45) is 2.59. The number of nitrogens with zero attached hydrogens (tertiary/aromatic N) is 5. The lowest BCUT2D eigenvalue weighted by Gasteiger charge is -2.46. The summed E-state index contributed by atoms with van der Waals surface area (Å²) < 4.78 is 53.1. The van der Waals surface area contributed by atoms with E-state index in [-0.39, 0.29) is 28.5 Å². The molecule has 2 aliphatic heterocycles. The summed E-state index contributed by atoms with van der Waals surface area (Å²) >= 11 is 0. The van der Waals surface area contributed by atoms with Crippen LogP contribution in [0.5, 0.6) is 23.0 Å². The summed E-state index contributed by atoms with van der Waals surface area (Å²) in [7, 11) is -0.263. The lowest BCUT2D eigenvalue weighted by Crippen LogP contribution is -2.60. The van der Waals surface area contributed by atoms with Gasteiger partial charge in [-0.25, -0.2) is 12.7 Å². The SMILES string of the molecule is CCOc1ccc(OC)cc1C1(N2CCN(c3ccnc(CC)c3)CC2)C(=O)N(S(=O)(=O)c2ccc(OC)cc2OC)c2ccc(C#N)cc21. The van der Waals surface area contributed by atoms with E-state index >= 15 is 4.79 Å². The lowest BCUT2D eigenvalue weighted by molar-refractivity contribution is -0.127. The van der Waals surface area contributed by atoms with Crippen molar-refractivity contribution in [2.24, 2.45) is 0 Å². The molecule has 6 rings (SSSR count). The highest BCUT2D eigenvalue weighted by molar-refractivity contribution is 7.93. The van der Waals surface area contributed by atoms with Crippen LogP contribution >= 0.6 is 0 Å². The summed E-state index contributed by atoms with van der Waals surface area (Å²) in [6, 6.07) is 20.3. The number of rotatable bonds is 11. The van der Waals surface area contributed by atoms with Gasteiger partial charge in [-0.15, -0.1) is 0 Å². The highest BCUT2D eigenvalue weighted by Crippen LogP contribution is 2.54. The van der Waals surface area contributed by atoms with Gasteiger partial charge in [0.25, 0.3) is 15.9 Å². The molecule has 0 radical (unpaired) electrons.